The minimum atomic E-state index is -0.626. The van der Waals surface area contributed by atoms with Crippen LogP contribution in [0.2, 0.25) is 0 Å². The third kappa shape index (κ3) is 4.18. The molecule has 26 heavy (non-hydrogen) atoms. The molecule has 3 rings (SSSR count). The van der Waals surface area contributed by atoms with Gasteiger partial charge in [-0.05, 0) is 42.5 Å². The highest BCUT2D eigenvalue weighted by molar-refractivity contribution is 9.10. The van der Waals surface area contributed by atoms with Gasteiger partial charge in [0.05, 0.1) is 0 Å². The molecular weight excluding hydrogens is 403 g/mol. The highest BCUT2D eigenvalue weighted by Gasteiger charge is 2.13. The number of carbonyl (C=O) groups is 1. The fourth-order valence-electron chi connectivity index (χ4n) is 2.24. The number of nitrogens with one attached hydrogen (secondary N) is 1. The zero-order valence-corrected chi connectivity index (χ0v) is 15.1. The van der Waals surface area contributed by atoms with Crippen molar-refractivity contribution in [3.05, 3.63) is 98.6 Å². The van der Waals surface area contributed by atoms with E-state index in [4.69, 9.17) is 4.84 Å². The largest absolute Gasteiger partial charge is 0.406 e. The van der Waals surface area contributed by atoms with Crippen LogP contribution in [-0.4, -0.2) is 10.6 Å². The lowest BCUT2D eigenvalue weighted by atomic mass is 10.2. The molecular formula is C19H14BrFN2O3. The van der Waals surface area contributed by atoms with Crippen LogP contribution >= 0.6 is 15.9 Å². The Morgan fingerprint density at radius 3 is 2.54 bits per heavy atom. The van der Waals surface area contributed by atoms with Gasteiger partial charge in [-0.2, -0.15) is 4.73 Å². The molecule has 3 aromatic rings. The number of hydrogen-bond donors (Lipinski definition) is 1. The Balaban J connectivity index is 1.76. The summed E-state index contributed by atoms with van der Waals surface area (Å²) in [6, 6.07) is 16.0. The van der Waals surface area contributed by atoms with Gasteiger partial charge in [-0.25, -0.2) is 4.39 Å². The molecule has 0 atom stereocenters. The topological polar surface area (TPSA) is 60.3 Å². The Kier molecular flexibility index (Phi) is 5.48. The third-order valence-electron chi connectivity index (χ3n) is 3.58. The van der Waals surface area contributed by atoms with E-state index in [2.05, 4.69) is 21.2 Å². The van der Waals surface area contributed by atoms with Gasteiger partial charge < -0.3 is 10.2 Å². The van der Waals surface area contributed by atoms with Crippen LogP contribution in [0.1, 0.15) is 15.9 Å². The number of rotatable bonds is 5. The van der Waals surface area contributed by atoms with E-state index >= 15 is 0 Å². The highest BCUT2D eigenvalue weighted by atomic mass is 79.9. The van der Waals surface area contributed by atoms with Gasteiger partial charge in [-0.1, -0.05) is 34.1 Å². The zero-order valence-electron chi connectivity index (χ0n) is 13.5. The van der Waals surface area contributed by atoms with Gasteiger partial charge in [-0.15, -0.1) is 0 Å². The molecule has 0 unspecified atom stereocenters. The first-order valence-electron chi connectivity index (χ1n) is 7.70. The van der Waals surface area contributed by atoms with E-state index in [1.807, 2.05) is 0 Å². The fraction of sp³-hybridized carbons (Fsp3) is 0.0526. The lowest BCUT2D eigenvalue weighted by Gasteiger charge is -2.10. The first-order chi connectivity index (χ1) is 12.5. The van der Waals surface area contributed by atoms with Crippen molar-refractivity contribution in [3.8, 4) is 0 Å². The Labute approximate surface area is 157 Å². The van der Waals surface area contributed by atoms with Crippen molar-refractivity contribution in [2.24, 2.45) is 0 Å². The average Bonchev–Trinajstić information content (AvgIpc) is 2.64. The minimum absolute atomic E-state index is 0.0797. The van der Waals surface area contributed by atoms with Crippen LogP contribution < -0.4 is 15.7 Å². The summed E-state index contributed by atoms with van der Waals surface area (Å²) in [4.78, 5) is 30.1. The second-order valence-corrected chi connectivity index (χ2v) is 6.29. The predicted molar refractivity (Wildman–Crippen MR) is 99.5 cm³/mol. The zero-order chi connectivity index (χ0) is 18.5. The monoisotopic (exact) mass is 416 g/mol. The molecule has 132 valence electrons. The molecule has 1 amide bonds. The van der Waals surface area contributed by atoms with Gasteiger partial charge in [0.15, 0.2) is 0 Å². The van der Waals surface area contributed by atoms with E-state index in [1.165, 1.54) is 24.4 Å². The van der Waals surface area contributed by atoms with Crippen molar-refractivity contribution >= 4 is 27.5 Å². The first kappa shape index (κ1) is 17.9. The molecule has 0 aliphatic rings. The smallest absolute Gasteiger partial charge is 0.295 e. The Hall–Kier alpha value is -2.93. The van der Waals surface area contributed by atoms with Gasteiger partial charge in [0.1, 0.15) is 18.0 Å². The number of aromatic nitrogens is 1. The van der Waals surface area contributed by atoms with Gasteiger partial charge >= 0.3 is 0 Å². The second kappa shape index (κ2) is 7.97. The maximum absolute atomic E-state index is 13.6. The van der Waals surface area contributed by atoms with E-state index in [9.17, 15) is 14.0 Å². The maximum Gasteiger partial charge on any atom is 0.295 e. The molecule has 0 saturated carbocycles. The third-order valence-corrected chi connectivity index (χ3v) is 4.11. The molecule has 0 spiro atoms. The van der Waals surface area contributed by atoms with Crippen LogP contribution in [0, 0.1) is 5.82 Å². The SMILES string of the molecule is O=C(Nc1ccc(Br)cc1)c1cccn(OCc2ccccc2F)c1=O. The van der Waals surface area contributed by atoms with Crippen molar-refractivity contribution in [1.82, 2.24) is 4.73 Å². The Bertz CT molecular complexity index is 987. The molecule has 1 N–H and O–H groups in total. The fourth-order valence-corrected chi connectivity index (χ4v) is 2.50. The molecule has 1 aromatic heterocycles. The van der Waals surface area contributed by atoms with Crippen LogP contribution in [0.25, 0.3) is 0 Å². The van der Waals surface area contributed by atoms with Crippen LogP contribution in [0.15, 0.2) is 76.1 Å². The molecule has 7 heteroatoms. The maximum atomic E-state index is 13.6. The molecule has 2 aromatic carbocycles. The van der Waals surface area contributed by atoms with E-state index in [0.29, 0.717) is 11.3 Å². The lowest BCUT2D eigenvalue weighted by Crippen LogP contribution is -2.32. The summed E-state index contributed by atoms with van der Waals surface area (Å²) in [6.45, 7) is -0.135. The first-order valence-corrected chi connectivity index (χ1v) is 8.49. The van der Waals surface area contributed by atoms with Gasteiger partial charge in [0, 0.05) is 21.9 Å². The number of carbonyl (C=O) groups excluding carboxylic acids is 1. The molecule has 0 saturated heterocycles. The summed E-state index contributed by atoms with van der Waals surface area (Å²) in [5.41, 5.74) is 0.159. The summed E-state index contributed by atoms with van der Waals surface area (Å²) in [7, 11) is 0. The lowest BCUT2D eigenvalue weighted by molar-refractivity contribution is 0.0847. The molecule has 0 aliphatic carbocycles. The van der Waals surface area contributed by atoms with Crippen molar-refractivity contribution < 1.29 is 14.0 Å². The standard InChI is InChI=1S/C19H14BrFN2O3/c20-14-7-9-15(10-8-14)22-18(24)16-5-3-11-23(19(16)25)26-12-13-4-1-2-6-17(13)21/h1-11H,12H2,(H,22,24). The quantitative estimate of drug-likeness (QED) is 0.690. The average molecular weight is 417 g/mol. The second-order valence-electron chi connectivity index (χ2n) is 5.38. The number of amides is 1. The predicted octanol–water partition coefficient (Wildman–Crippen LogP) is 3.63. The Morgan fingerprint density at radius 1 is 1.08 bits per heavy atom. The summed E-state index contributed by atoms with van der Waals surface area (Å²) >= 11 is 3.31. The van der Waals surface area contributed by atoms with Gasteiger partial charge in [-0.3, -0.25) is 9.59 Å². The van der Waals surface area contributed by atoms with E-state index in [0.717, 1.165) is 9.20 Å². The van der Waals surface area contributed by atoms with Crippen molar-refractivity contribution in [3.63, 3.8) is 0 Å². The van der Waals surface area contributed by atoms with Gasteiger partial charge in [0.25, 0.3) is 11.5 Å². The normalized spacial score (nSPS) is 10.4. The number of pyridine rings is 1. The number of benzene rings is 2. The molecule has 0 fully saturated rings. The molecule has 0 radical (unpaired) electrons. The number of hydrogen-bond acceptors (Lipinski definition) is 3. The molecule has 5 nitrogen and oxygen atoms in total. The summed E-state index contributed by atoms with van der Waals surface area (Å²) in [5, 5.41) is 2.65. The van der Waals surface area contributed by atoms with Crippen molar-refractivity contribution in [2.75, 3.05) is 5.32 Å². The molecule has 1 heterocycles. The number of anilines is 1. The highest BCUT2D eigenvalue weighted by Crippen LogP contribution is 2.14. The summed E-state index contributed by atoms with van der Waals surface area (Å²) < 4.78 is 15.4. The van der Waals surface area contributed by atoms with E-state index in [1.54, 1.807) is 42.5 Å². The van der Waals surface area contributed by atoms with Gasteiger partial charge in [0.2, 0.25) is 0 Å². The van der Waals surface area contributed by atoms with Crippen LogP contribution in [0.5, 0.6) is 0 Å². The Morgan fingerprint density at radius 2 is 1.81 bits per heavy atom. The minimum Gasteiger partial charge on any atom is -0.406 e. The van der Waals surface area contributed by atoms with Crippen LogP contribution in [0.4, 0.5) is 10.1 Å². The van der Waals surface area contributed by atoms with Crippen LogP contribution in [0.3, 0.4) is 0 Å². The van der Waals surface area contributed by atoms with Crippen molar-refractivity contribution in [2.45, 2.75) is 6.61 Å². The van der Waals surface area contributed by atoms with Crippen molar-refractivity contribution in [1.29, 1.82) is 0 Å². The molecule has 0 aliphatic heterocycles. The van der Waals surface area contributed by atoms with Crippen LogP contribution in [-0.2, 0) is 6.61 Å². The summed E-state index contributed by atoms with van der Waals surface area (Å²) in [6.07, 6.45) is 1.37. The van der Waals surface area contributed by atoms with E-state index < -0.39 is 17.3 Å². The van der Waals surface area contributed by atoms with E-state index in [-0.39, 0.29) is 12.2 Å². The summed E-state index contributed by atoms with van der Waals surface area (Å²) in [5.74, 6) is -0.981. The molecule has 0 bridgehead atoms. The number of nitrogens with zero attached hydrogens (tertiary/aromatic N) is 1. The number of halogens is 2.